The summed E-state index contributed by atoms with van der Waals surface area (Å²) in [6.45, 7) is 11.2. The first-order valence-electron chi connectivity index (χ1n) is 7.61. The fourth-order valence-electron chi connectivity index (χ4n) is 2.90. The van der Waals surface area contributed by atoms with Gasteiger partial charge in [0.25, 0.3) is 0 Å². The van der Waals surface area contributed by atoms with Crippen LogP contribution in [-0.4, -0.2) is 24.5 Å². The Hall–Kier alpha value is -0.860. The lowest BCUT2D eigenvalue weighted by molar-refractivity contribution is 0.297. The van der Waals surface area contributed by atoms with E-state index in [2.05, 4.69) is 49.9 Å². The molecule has 0 aromatic heterocycles. The molecule has 1 saturated heterocycles. The molecule has 1 aromatic carbocycles. The molecular weight excluding hydrogens is 232 g/mol. The Morgan fingerprint density at radius 1 is 1.21 bits per heavy atom. The van der Waals surface area contributed by atoms with Crippen molar-refractivity contribution in [2.45, 2.75) is 39.7 Å². The van der Waals surface area contributed by atoms with E-state index in [-0.39, 0.29) is 0 Å². The van der Waals surface area contributed by atoms with Gasteiger partial charge in [-0.25, -0.2) is 0 Å². The Bertz CT molecular complexity index is 383. The first-order chi connectivity index (χ1) is 9.10. The molecule has 19 heavy (non-hydrogen) atoms. The zero-order valence-corrected chi connectivity index (χ0v) is 12.6. The van der Waals surface area contributed by atoms with Crippen molar-refractivity contribution in [3.8, 4) is 0 Å². The van der Waals surface area contributed by atoms with Crippen molar-refractivity contribution < 1.29 is 0 Å². The predicted octanol–water partition coefficient (Wildman–Crippen LogP) is 3.23. The first kappa shape index (κ1) is 14.5. The van der Waals surface area contributed by atoms with Crippen molar-refractivity contribution >= 4 is 0 Å². The molecule has 0 spiro atoms. The third-order valence-corrected chi connectivity index (χ3v) is 4.56. The van der Waals surface area contributed by atoms with E-state index in [4.69, 9.17) is 5.73 Å². The SMILES string of the molecule is CC(CN)c1ccc(CN2CCC(C(C)C)C2)cc1. The van der Waals surface area contributed by atoms with E-state index in [0.29, 0.717) is 5.92 Å². The van der Waals surface area contributed by atoms with Crippen LogP contribution in [-0.2, 0) is 6.54 Å². The van der Waals surface area contributed by atoms with Crippen LogP contribution in [0.15, 0.2) is 24.3 Å². The Morgan fingerprint density at radius 2 is 1.89 bits per heavy atom. The average molecular weight is 260 g/mol. The highest BCUT2D eigenvalue weighted by Gasteiger charge is 2.24. The molecule has 1 heterocycles. The molecular formula is C17H28N2. The summed E-state index contributed by atoms with van der Waals surface area (Å²) in [5, 5.41) is 0. The van der Waals surface area contributed by atoms with Crippen LogP contribution in [0.2, 0.25) is 0 Å². The van der Waals surface area contributed by atoms with Gasteiger partial charge in [-0.15, -0.1) is 0 Å². The van der Waals surface area contributed by atoms with Crippen LogP contribution in [0, 0.1) is 11.8 Å². The van der Waals surface area contributed by atoms with Gasteiger partial charge < -0.3 is 5.73 Å². The fourth-order valence-corrected chi connectivity index (χ4v) is 2.90. The molecule has 2 atom stereocenters. The maximum atomic E-state index is 5.71. The number of rotatable bonds is 5. The number of likely N-dealkylation sites (tertiary alicyclic amines) is 1. The van der Waals surface area contributed by atoms with Gasteiger partial charge in [-0.3, -0.25) is 4.90 Å². The van der Waals surface area contributed by atoms with Gasteiger partial charge in [-0.1, -0.05) is 45.0 Å². The van der Waals surface area contributed by atoms with E-state index in [9.17, 15) is 0 Å². The maximum Gasteiger partial charge on any atom is 0.0233 e. The van der Waals surface area contributed by atoms with E-state index in [1.807, 2.05) is 0 Å². The molecule has 106 valence electrons. The summed E-state index contributed by atoms with van der Waals surface area (Å²) in [6, 6.07) is 9.01. The molecule has 2 N–H and O–H groups in total. The minimum Gasteiger partial charge on any atom is -0.330 e. The lowest BCUT2D eigenvalue weighted by Gasteiger charge is -2.18. The highest BCUT2D eigenvalue weighted by Crippen LogP contribution is 2.25. The number of hydrogen-bond donors (Lipinski definition) is 1. The van der Waals surface area contributed by atoms with Crippen LogP contribution in [0.4, 0.5) is 0 Å². The molecule has 2 heteroatoms. The van der Waals surface area contributed by atoms with Crippen LogP contribution >= 0.6 is 0 Å². The van der Waals surface area contributed by atoms with Gasteiger partial charge in [0, 0.05) is 13.1 Å². The van der Waals surface area contributed by atoms with Crippen LogP contribution in [0.5, 0.6) is 0 Å². The summed E-state index contributed by atoms with van der Waals surface area (Å²) in [6.07, 6.45) is 1.36. The maximum absolute atomic E-state index is 5.71. The Morgan fingerprint density at radius 3 is 2.42 bits per heavy atom. The van der Waals surface area contributed by atoms with E-state index in [0.717, 1.165) is 24.9 Å². The van der Waals surface area contributed by atoms with E-state index in [1.54, 1.807) is 0 Å². The first-order valence-corrected chi connectivity index (χ1v) is 7.61. The largest absolute Gasteiger partial charge is 0.330 e. The summed E-state index contributed by atoms with van der Waals surface area (Å²) in [5.74, 6) is 2.17. The van der Waals surface area contributed by atoms with Crippen molar-refractivity contribution in [2.24, 2.45) is 17.6 Å². The minimum absolute atomic E-state index is 0.464. The van der Waals surface area contributed by atoms with Crippen LogP contribution in [0.3, 0.4) is 0 Å². The fraction of sp³-hybridized carbons (Fsp3) is 0.647. The topological polar surface area (TPSA) is 29.3 Å². The third-order valence-electron chi connectivity index (χ3n) is 4.56. The molecule has 0 saturated carbocycles. The third kappa shape index (κ3) is 3.80. The molecule has 1 aliphatic rings. The van der Waals surface area contributed by atoms with E-state index in [1.165, 1.54) is 30.6 Å². The standard InChI is InChI=1S/C17H28N2/c1-13(2)17-8-9-19(12-17)11-15-4-6-16(7-5-15)14(3)10-18/h4-7,13-14,17H,8-12,18H2,1-3H3. The van der Waals surface area contributed by atoms with E-state index < -0.39 is 0 Å². The van der Waals surface area contributed by atoms with Gasteiger partial charge in [0.15, 0.2) is 0 Å². The minimum atomic E-state index is 0.464. The van der Waals surface area contributed by atoms with Gasteiger partial charge in [-0.05, 0) is 48.4 Å². The van der Waals surface area contributed by atoms with Crippen LogP contribution in [0.25, 0.3) is 0 Å². The second-order valence-corrected chi connectivity index (χ2v) is 6.41. The van der Waals surface area contributed by atoms with Gasteiger partial charge in [0.05, 0.1) is 0 Å². The highest BCUT2D eigenvalue weighted by molar-refractivity contribution is 5.25. The molecule has 0 aliphatic carbocycles. The summed E-state index contributed by atoms with van der Waals surface area (Å²) in [7, 11) is 0. The Balaban J connectivity index is 1.90. The molecule has 0 amide bonds. The number of nitrogens with two attached hydrogens (primary N) is 1. The normalized spacial score (nSPS) is 22.1. The molecule has 2 rings (SSSR count). The summed E-state index contributed by atoms with van der Waals surface area (Å²) in [4.78, 5) is 2.59. The van der Waals surface area contributed by atoms with Crippen molar-refractivity contribution in [1.82, 2.24) is 4.90 Å². The monoisotopic (exact) mass is 260 g/mol. The van der Waals surface area contributed by atoms with Crippen LogP contribution < -0.4 is 5.73 Å². The molecule has 1 aromatic rings. The number of nitrogens with zero attached hydrogens (tertiary/aromatic N) is 1. The Kier molecular flexibility index (Phi) is 5.00. The van der Waals surface area contributed by atoms with Gasteiger partial charge in [0.2, 0.25) is 0 Å². The molecule has 2 nitrogen and oxygen atoms in total. The van der Waals surface area contributed by atoms with Crippen molar-refractivity contribution in [1.29, 1.82) is 0 Å². The summed E-state index contributed by atoms with van der Waals surface area (Å²) < 4.78 is 0. The van der Waals surface area contributed by atoms with Crippen molar-refractivity contribution in [2.75, 3.05) is 19.6 Å². The quantitative estimate of drug-likeness (QED) is 0.880. The van der Waals surface area contributed by atoms with Crippen molar-refractivity contribution in [3.05, 3.63) is 35.4 Å². The number of benzene rings is 1. The van der Waals surface area contributed by atoms with Crippen LogP contribution in [0.1, 0.15) is 44.2 Å². The zero-order valence-electron chi connectivity index (χ0n) is 12.6. The van der Waals surface area contributed by atoms with E-state index >= 15 is 0 Å². The zero-order chi connectivity index (χ0) is 13.8. The Labute approximate surface area is 118 Å². The summed E-state index contributed by atoms with van der Waals surface area (Å²) >= 11 is 0. The highest BCUT2D eigenvalue weighted by atomic mass is 15.1. The lowest BCUT2D eigenvalue weighted by Crippen LogP contribution is -2.21. The molecule has 0 radical (unpaired) electrons. The summed E-state index contributed by atoms with van der Waals surface area (Å²) in [5.41, 5.74) is 8.49. The lowest BCUT2D eigenvalue weighted by atomic mass is 9.95. The number of hydrogen-bond acceptors (Lipinski definition) is 2. The average Bonchev–Trinajstić information content (AvgIpc) is 2.87. The second kappa shape index (κ2) is 6.53. The smallest absolute Gasteiger partial charge is 0.0233 e. The van der Waals surface area contributed by atoms with Gasteiger partial charge >= 0.3 is 0 Å². The van der Waals surface area contributed by atoms with Gasteiger partial charge in [-0.2, -0.15) is 0 Å². The second-order valence-electron chi connectivity index (χ2n) is 6.41. The molecule has 0 bridgehead atoms. The molecule has 1 aliphatic heterocycles. The molecule has 1 fully saturated rings. The van der Waals surface area contributed by atoms with Gasteiger partial charge in [0.1, 0.15) is 0 Å². The van der Waals surface area contributed by atoms with Crippen molar-refractivity contribution in [3.63, 3.8) is 0 Å². The molecule has 2 unspecified atom stereocenters. The predicted molar refractivity (Wildman–Crippen MR) is 82.1 cm³/mol.